The smallest absolute Gasteiger partial charge is 0.411 e. The van der Waals surface area contributed by atoms with Crippen molar-refractivity contribution in [2.75, 3.05) is 27.9 Å². The predicted octanol–water partition coefficient (Wildman–Crippen LogP) is 4.14. The van der Waals surface area contributed by atoms with Crippen LogP contribution in [0.25, 0.3) is 0 Å². The van der Waals surface area contributed by atoms with Gasteiger partial charge >= 0.3 is 6.09 Å². The van der Waals surface area contributed by atoms with Crippen LogP contribution in [-0.2, 0) is 9.53 Å². The van der Waals surface area contributed by atoms with Crippen LogP contribution in [0.15, 0.2) is 48.7 Å². The average Bonchev–Trinajstić information content (AvgIpc) is 2.77. The Bertz CT molecular complexity index is 1270. The van der Waals surface area contributed by atoms with Gasteiger partial charge in [0.2, 0.25) is 5.95 Å². The Kier molecular flexibility index (Phi) is 4.93. The Morgan fingerprint density at radius 1 is 1.00 bits per heavy atom. The van der Waals surface area contributed by atoms with Crippen LogP contribution >= 0.6 is 0 Å². The van der Waals surface area contributed by atoms with Gasteiger partial charge in [0.05, 0.1) is 18.5 Å². The fraction of sp³-hybridized carbons (Fsp3) is 0.182. The molecule has 0 fully saturated rings. The molecule has 33 heavy (non-hydrogen) atoms. The Labute approximate surface area is 187 Å². The summed E-state index contributed by atoms with van der Waals surface area (Å²) in [7, 11) is 0. The number of hydrogen-bond donors (Lipinski definition) is 4. The fourth-order valence-corrected chi connectivity index (χ4v) is 3.45. The van der Waals surface area contributed by atoms with Crippen molar-refractivity contribution in [2.24, 2.45) is 0 Å². The zero-order chi connectivity index (χ0) is 23.0. The van der Waals surface area contributed by atoms with Crippen molar-refractivity contribution in [3.63, 3.8) is 0 Å². The lowest BCUT2D eigenvalue weighted by Gasteiger charge is -2.34. The monoisotopic (exact) mass is 450 g/mol. The summed E-state index contributed by atoms with van der Waals surface area (Å²) in [6, 6.07) is 11.7. The van der Waals surface area contributed by atoms with E-state index in [9.17, 15) is 14.0 Å². The van der Waals surface area contributed by atoms with Gasteiger partial charge in [0.1, 0.15) is 5.75 Å². The van der Waals surface area contributed by atoms with Crippen molar-refractivity contribution in [1.29, 1.82) is 0 Å². The summed E-state index contributed by atoms with van der Waals surface area (Å²) in [6.45, 7) is 1.58. The van der Waals surface area contributed by atoms with Gasteiger partial charge in [-0.2, -0.15) is 4.98 Å². The molecule has 4 aliphatic heterocycles. The number of halogens is 1. The van der Waals surface area contributed by atoms with E-state index < -0.39 is 17.5 Å². The van der Waals surface area contributed by atoms with Crippen LogP contribution in [0.3, 0.4) is 0 Å². The van der Waals surface area contributed by atoms with E-state index in [1.807, 2.05) is 0 Å². The molecule has 2 amide bonds. The van der Waals surface area contributed by atoms with E-state index in [4.69, 9.17) is 9.47 Å². The molecule has 0 aliphatic carbocycles. The topological polar surface area (TPSA) is 127 Å². The van der Waals surface area contributed by atoms with Crippen LogP contribution in [0.5, 0.6) is 5.75 Å². The van der Waals surface area contributed by atoms with Crippen molar-refractivity contribution in [2.45, 2.75) is 18.9 Å². The van der Waals surface area contributed by atoms with Crippen molar-refractivity contribution in [3.8, 4) is 5.75 Å². The summed E-state index contributed by atoms with van der Waals surface area (Å²) < 4.78 is 25.6. The first kappa shape index (κ1) is 20.5. The number of fused-ring (bicyclic) bond motifs is 2. The van der Waals surface area contributed by atoms with E-state index >= 15 is 0 Å². The molecule has 0 radical (unpaired) electrons. The number of nitrogens with one attached hydrogen (secondary N) is 4. The summed E-state index contributed by atoms with van der Waals surface area (Å²) in [4.78, 5) is 33.1. The second kappa shape index (κ2) is 7.93. The fourth-order valence-electron chi connectivity index (χ4n) is 3.45. The van der Waals surface area contributed by atoms with Crippen molar-refractivity contribution in [1.82, 2.24) is 9.97 Å². The minimum absolute atomic E-state index is 0.0401. The summed E-state index contributed by atoms with van der Waals surface area (Å²) in [5.41, 5.74) is 0.709. The van der Waals surface area contributed by atoms with Gasteiger partial charge in [0, 0.05) is 23.5 Å². The third-order valence-corrected chi connectivity index (χ3v) is 5.23. The number of anilines is 6. The first-order chi connectivity index (χ1) is 15.9. The molecule has 4 N–H and O–H groups in total. The maximum absolute atomic E-state index is 14.4. The largest absolute Gasteiger partial charge is 0.475 e. The number of rotatable bonds is 0. The zero-order valence-corrected chi connectivity index (χ0v) is 17.4. The molecule has 3 aromatic rings. The van der Waals surface area contributed by atoms with Crippen LogP contribution in [0.2, 0.25) is 0 Å². The normalized spacial score (nSPS) is 19.5. The maximum Gasteiger partial charge on any atom is 0.411 e. The molecule has 1 atom stereocenters. The molecule has 0 spiro atoms. The maximum atomic E-state index is 14.4. The Hall–Kier alpha value is -4.41. The second-order valence-electron chi connectivity index (χ2n) is 7.73. The van der Waals surface area contributed by atoms with Gasteiger partial charge in [0.15, 0.2) is 17.2 Å². The molecule has 2 aromatic carbocycles. The molecule has 1 aromatic heterocycles. The Morgan fingerprint density at radius 2 is 1.79 bits per heavy atom. The van der Waals surface area contributed by atoms with E-state index in [2.05, 4.69) is 31.2 Å². The minimum atomic E-state index is -1.23. The summed E-state index contributed by atoms with van der Waals surface area (Å²) in [6.07, 6.45) is 0.494. The van der Waals surface area contributed by atoms with Crippen LogP contribution in [0.1, 0.15) is 13.3 Å². The van der Waals surface area contributed by atoms with Crippen molar-refractivity contribution >= 4 is 46.5 Å². The van der Waals surface area contributed by atoms with Gasteiger partial charge in [-0.05, 0) is 43.3 Å². The number of carbonyl (C=O) groups is 2. The van der Waals surface area contributed by atoms with Crippen LogP contribution in [0.4, 0.5) is 43.7 Å². The minimum Gasteiger partial charge on any atom is -0.475 e. The van der Waals surface area contributed by atoms with Crippen LogP contribution in [0, 0.1) is 5.82 Å². The summed E-state index contributed by atoms with van der Waals surface area (Å²) >= 11 is 0. The lowest BCUT2D eigenvalue weighted by molar-refractivity contribution is -0.132. The second-order valence-corrected chi connectivity index (χ2v) is 7.73. The standard InChI is InChI=1S/C22H19FN6O4/c1-22-7-8-32-21(31)27-13-4-2-3-12(9-13)26-20-24-11-15(23)18(29-20)25-14-5-6-17(33-22)16(10-14)28-19(22)30/h2-6,9-11H,7-8H2,1H3,(H,27,31)(H,28,30)(H2,24,25,26,29). The molecule has 0 saturated carbocycles. The number of ether oxygens (including phenoxy) is 2. The van der Waals surface area contributed by atoms with E-state index in [0.29, 0.717) is 28.5 Å². The van der Waals surface area contributed by atoms with Gasteiger partial charge in [-0.25, -0.2) is 14.2 Å². The lowest BCUT2D eigenvalue weighted by atomic mass is 9.99. The summed E-state index contributed by atoms with van der Waals surface area (Å²) in [5.74, 6) is -0.527. The third-order valence-electron chi connectivity index (χ3n) is 5.23. The van der Waals surface area contributed by atoms with Gasteiger partial charge in [0.25, 0.3) is 5.91 Å². The van der Waals surface area contributed by atoms with E-state index in [1.54, 1.807) is 49.4 Å². The highest BCUT2D eigenvalue weighted by Crippen LogP contribution is 2.37. The number of aromatic nitrogens is 2. The quantitative estimate of drug-likeness (QED) is 0.403. The molecule has 7 rings (SSSR count). The molecule has 0 saturated heterocycles. The predicted molar refractivity (Wildman–Crippen MR) is 119 cm³/mol. The van der Waals surface area contributed by atoms with Crippen molar-refractivity contribution < 1.29 is 23.5 Å². The van der Waals surface area contributed by atoms with Crippen LogP contribution < -0.4 is 26.0 Å². The SMILES string of the molecule is CC12CCOC(=O)Nc3cccc(c3)Nc3ncc(F)c(n3)Nc3ccc(c(c3)NC1=O)O2. The number of nitrogens with zero attached hydrogens (tertiary/aromatic N) is 2. The van der Waals surface area contributed by atoms with Gasteiger partial charge in [-0.3, -0.25) is 10.1 Å². The average molecular weight is 450 g/mol. The Balaban J connectivity index is 1.53. The number of hydrogen-bond acceptors (Lipinski definition) is 8. The highest BCUT2D eigenvalue weighted by molar-refractivity contribution is 6.01. The highest BCUT2D eigenvalue weighted by atomic mass is 19.1. The third kappa shape index (κ3) is 4.20. The molecule has 4 aliphatic rings. The van der Waals surface area contributed by atoms with E-state index in [-0.39, 0.29) is 30.7 Å². The van der Waals surface area contributed by atoms with Crippen molar-refractivity contribution in [3.05, 3.63) is 54.5 Å². The number of amides is 2. The first-order valence-electron chi connectivity index (χ1n) is 10.1. The molecular weight excluding hydrogens is 431 g/mol. The molecule has 5 heterocycles. The van der Waals surface area contributed by atoms with Crippen LogP contribution in [-0.4, -0.2) is 34.2 Å². The molecule has 11 heteroatoms. The highest BCUT2D eigenvalue weighted by Gasteiger charge is 2.40. The number of carbonyl (C=O) groups excluding carboxylic acids is 2. The molecule has 168 valence electrons. The molecular formula is C22H19FN6O4. The lowest BCUT2D eigenvalue weighted by Crippen LogP contribution is -2.49. The number of benzene rings is 2. The summed E-state index contributed by atoms with van der Waals surface area (Å²) in [5, 5.41) is 11.3. The Morgan fingerprint density at radius 3 is 2.64 bits per heavy atom. The molecule has 8 bridgehead atoms. The molecule has 10 nitrogen and oxygen atoms in total. The van der Waals surface area contributed by atoms with E-state index in [1.165, 1.54) is 0 Å². The van der Waals surface area contributed by atoms with E-state index in [0.717, 1.165) is 6.20 Å². The van der Waals surface area contributed by atoms with Gasteiger partial charge in [-0.1, -0.05) is 6.07 Å². The van der Waals surface area contributed by atoms with Gasteiger partial charge < -0.3 is 25.4 Å². The van der Waals surface area contributed by atoms with Gasteiger partial charge in [-0.15, -0.1) is 0 Å². The first-order valence-corrected chi connectivity index (χ1v) is 10.1. The zero-order valence-electron chi connectivity index (χ0n) is 17.4. The molecule has 1 unspecified atom stereocenters.